The topological polar surface area (TPSA) is 119 Å². The molecule has 5 aromatic rings. The van der Waals surface area contributed by atoms with Gasteiger partial charge in [-0.15, -0.1) is 10.2 Å². The first-order chi connectivity index (χ1) is 17.0. The van der Waals surface area contributed by atoms with Gasteiger partial charge in [0.2, 0.25) is 5.82 Å². The highest BCUT2D eigenvalue weighted by molar-refractivity contribution is 6.01. The van der Waals surface area contributed by atoms with Crippen LogP contribution in [0.1, 0.15) is 22.8 Å². The SMILES string of the molecule is CCOc1nc2cccc(C(=O)O)c2n1Cc1cc(F)c(-c2ccccc2-c2nn[nH]n2)cc1F. The van der Waals surface area contributed by atoms with Crippen molar-refractivity contribution in [2.45, 2.75) is 13.5 Å². The number of H-pyrrole nitrogens is 1. The number of aromatic carboxylic acids is 1. The zero-order valence-corrected chi connectivity index (χ0v) is 18.4. The van der Waals surface area contributed by atoms with Gasteiger partial charge >= 0.3 is 5.97 Å². The number of nitrogens with one attached hydrogen (secondary N) is 1. The van der Waals surface area contributed by atoms with Crippen molar-refractivity contribution in [2.75, 3.05) is 6.61 Å². The molecule has 0 spiro atoms. The molecule has 0 amide bonds. The lowest BCUT2D eigenvalue weighted by molar-refractivity contribution is 0.0698. The number of tetrazole rings is 1. The lowest BCUT2D eigenvalue weighted by atomic mass is 9.97. The van der Waals surface area contributed by atoms with Crippen molar-refractivity contribution in [3.63, 3.8) is 0 Å². The minimum atomic E-state index is -1.17. The van der Waals surface area contributed by atoms with Crippen molar-refractivity contribution in [1.29, 1.82) is 0 Å². The Morgan fingerprint density at radius 1 is 1.06 bits per heavy atom. The molecule has 9 nitrogen and oxygen atoms in total. The predicted molar refractivity (Wildman–Crippen MR) is 122 cm³/mol. The monoisotopic (exact) mass is 476 g/mol. The summed E-state index contributed by atoms with van der Waals surface area (Å²) in [6, 6.07) is 13.7. The molecule has 11 heteroatoms. The van der Waals surface area contributed by atoms with Gasteiger partial charge in [0.1, 0.15) is 11.6 Å². The van der Waals surface area contributed by atoms with Gasteiger partial charge in [0.25, 0.3) is 6.01 Å². The molecule has 0 unspecified atom stereocenters. The maximum absolute atomic E-state index is 15.4. The third-order valence-corrected chi connectivity index (χ3v) is 5.50. The number of aromatic amines is 1. The molecule has 2 heterocycles. The summed E-state index contributed by atoms with van der Waals surface area (Å²) in [5.41, 5.74) is 1.52. The van der Waals surface area contributed by atoms with E-state index in [1.165, 1.54) is 10.6 Å². The van der Waals surface area contributed by atoms with Gasteiger partial charge in [-0.2, -0.15) is 10.2 Å². The highest BCUT2D eigenvalue weighted by Gasteiger charge is 2.22. The lowest BCUT2D eigenvalue weighted by Gasteiger charge is -2.14. The minimum Gasteiger partial charge on any atom is -0.478 e. The smallest absolute Gasteiger partial charge is 0.337 e. The van der Waals surface area contributed by atoms with E-state index in [1.54, 1.807) is 43.3 Å². The second-order valence-electron chi connectivity index (χ2n) is 7.60. The van der Waals surface area contributed by atoms with Crippen LogP contribution in [0.15, 0.2) is 54.6 Å². The van der Waals surface area contributed by atoms with E-state index in [0.717, 1.165) is 12.1 Å². The van der Waals surface area contributed by atoms with Gasteiger partial charge in [0.05, 0.1) is 29.7 Å². The van der Waals surface area contributed by atoms with Crippen LogP contribution in [0.5, 0.6) is 6.01 Å². The van der Waals surface area contributed by atoms with Gasteiger partial charge in [-0.1, -0.05) is 30.3 Å². The van der Waals surface area contributed by atoms with E-state index in [1.807, 2.05) is 0 Å². The molecule has 0 atom stereocenters. The number of benzene rings is 3. The summed E-state index contributed by atoms with van der Waals surface area (Å²) in [7, 11) is 0. The van der Waals surface area contributed by atoms with Gasteiger partial charge in [-0.3, -0.25) is 4.57 Å². The molecular weight excluding hydrogens is 458 g/mol. The Hall–Kier alpha value is -4.67. The number of carbonyl (C=O) groups is 1. The van der Waals surface area contributed by atoms with Crippen molar-refractivity contribution >= 4 is 17.0 Å². The normalized spacial score (nSPS) is 11.2. The van der Waals surface area contributed by atoms with Crippen LogP contribution < -0.4 is 4.74 Å². The molecule has 0 aliphatic carbocycles. The van der Waals surface area contributed by atoms with E-state index < -0.39 is 17.6 Å². The van der Waals surface area contributed by atoms with Gasteiger partial charge in [0, 0.05) is 16.7 Å². The average molecular weight is 476 g/mol. The summed E-state index contributed by atoms with van der Waals surface area (Å²) in [6.07, 6.45) is 0. The van der Waals surface area contributed by atoms with Gasteiger partial charge in [0.15, 0.2) is 0 Å². The van der Waals surface area contributed by atoms with Crippen molar-refractivity contribution in [3.8, 4) is 28.5 Å². The fourth-order valence-corrected chi connectivity index (χ4v) is 4.00. The minimum absolute atomic E-state index is 0.00346. The lowest BCUT2D eigenvalue weighted by Crippen LogP contribution is -2.09. The largest absolute Gasteiger partial charge is 0.478 e. The number of ether oxygens (including phenoxy) is 1. The third-order valence-electron chi connectivity index (χ3n) is 5.50. The Balaban J connectivity index is 1.61. The number of fused-ring (bicyclic) bond motifs is 1. The maximum Gasteiger partial charge on any atom is 0.337 e. The zero-order valence-electron chi connectivity index (χ0n) is 18.4. The van der Waals surface area contributed by atoms with Gasteiger partial charge in [-0.25, -0.2) is 13.6 Å². The fraction of sp³-hybridized carbons (Fsp3) is 0.125. The number of hydrogen-bond donors (Lipinski definition) is 2. The predicted octanol–water partition coefficient (Wildman–Crippen LogP) is 4.31. The quantitative estimate of drug-likeness (QED) is 0.359. The first-order valence-electron chi connectivity index (χ1n) is 10.6. The molecule has 2 N–H and O–H groups in total. The second kappa shape index (κ2) is 8.93. The van der Waals surface area contributed by atoms with Crippen LogP contribution in [0.4, 0.5) is 8.78 Å². The van der Waals surface area contributed by atoms with E-state index in [-0.39, 0.29) is 47.2 Å². The summed E-state index contributed by atoms with van der Waals surface area (Å²) in [6.45, 7) is 1.82. The van der Waals surface area contributed by atoms with E-state index in [0.29, 0.717) is 16.6 Å². The van der Waals surface area contributed by atoms with Crippen molar-refractivity contribution < 1.29 is 23.4 Å². The summed E-state index contributed by atoms with van der Waals surface area (Å²) in [5, 5.41) is 23.4. The van der Waals surface area contributed by atoms with E-state index in [2.05, 4.69) is 25.6 Å². The molecule has 0 aliphatic heterocycles. The zero-order chi connectivity index (χ0) is 24.5. The fourth-order valence-electron chi connectivity index (χ4n) is 4.00. The molecule has 0 saturated heterocycles. The second-order valence-corrected chi connectivity index (χ2v) is 7.60. The molecule has 0 bridgehead atoms. The molecule has 0 aliphatic rings. The van der Waals surface area contributed by atoms with E-state index in [4.69, 9.17) is 4.74 Å². The Morgan fingerprint density at radius 3 is 2.57 bits per heavy atom. The van der Waals surface area contributed by atoms with Crippen LogP contribution in [0.2, 0.25) is 0 Å². The van der Waals surface area contributed by atoms with Crippen LogP contribution in [0, 0.1) is 11.6 Å². The summed E-state index contributed by atoms with van der Waals surface area (Å²) >= 11 is 0. The van der Waals surface area contributed by atoms with Gasteiger partial charge in [-0.05, 0) is 42.0 Å². The number of hydrogen-bond acceptors (Lipinski definition) is 6. The number of halogens is 2. The number of carboxylic acids is 1. The first kappa shape index (κ1) is 22.1. The van der Waals surface area contributed by atoms with E-state index >= 15 is 8.78 Å². The Labute approximate surface area is 197 Å². The summed E-state index contributed by atoms with van der Waals surface area (Å²) in [5.74, 6) is -2.27. The van der Waals surface area contributed by atoms with Crippen LogP contribution in [0.25, 0.3) is 33.5 Å². The average Bonchev–Trinajstić information content (AvgIpc) is 3.50. The number of nitrogens with zero attached hydrogens (tertiary/aromatic N) is 5. The number of rotatable bonds is 7. The molecule has 0 radical (unpaired) electrons. The van der Waals surface area contributed by atoms with Gasteiger partial charge < -0.3 is 9.84 Å². The Morgan fingerprint density at radius 2 is 1.86 bits per heavy atom. The van der Waals surface area contributed by atoms with Crippen molar-refractivity contribution in [3.05, 3.63) is 77.4 Å². The number of imidazole rings is 1. The molecule has 0 saturated carbocycles. The summed E-state index contributed by atoms with van der Waals surface area (Å²) < 4.78 is 37.7. The molecule has 35 heavy (non-hydrogen) atoms. The van der Waals surface area contributed by atoms with E-state index in [9.17, 15) is 9.90 Å². The van der Waals surface area contributed by atoms with Crippen molar-refractivity contribution in [2.24, 2.45) is 0 Å². The maximum atomic E-state index is 15.4. The first-order valence-corrected chi connectivity index (χ1v) is 10.6. The van der Waals surface area contributed by atoms with Crippen LogP contribution in [-0.2, 0) is 6.54 Å². The van der Waals surface area contributed by atoms with Crippen LogP contribution >= 0.6 is 0 Å². The highest BCUT2D eigenvalue weighted by Crippen LogP contribution is 2.34. The standard InChI is InChI=1S/C24H18F2N6O3/c1-2-35-24-27-20-9-5-8-16(23(33)34)21(20)32(24)12-13-10-19(26)17(11-18(13)25)14-6-3-4-7-15(14)22-28-30-31-29-22/h3-11H,2,12H2,1H3,(H,33,34)(H,28,29,30,31). The Kier molecular flexibility index (Phi) is 5.65. The highest BCUT2D eigenvalue weighted by atomic mass is 19.1. The molecule has 3 aromatic carbocycles. The number of aromatic nitrogens is 6. The number of para-hydroxylation sites is 1. The molecule has 5 rings (SSSR count). The number of carboxylic acid groups (broad SMARTS) is 1. The molecule has 176 valence electrons. The summed E-state index contributed by atoms with van der Waals surface area (Å²) in [4.78, 5) is 16.1. The molecule has 2 aromatic heterocycles. The van der Waals surface area contributed by atoms with Crippen LogP contribution in [0.3, 0.4) is 0 Å². The van der Waals surface area contributed by atoms with Crippen molar-refractivity contribution in [1.82, 2.24) is 30.2 Å². The third kappa shape index (κ3) is 3.97. The van der Waals surface area contributed by atoms with Crippen LogP contribution in [-0.4, -0.2) is 47.9 Å². The Bertz CT molecular complexity index is 1550. The molecule has 0 fully saturated rings. The molecular formula is C24H18F2N6O3.